The molecule has 0 aromatic carbocycles. The third-order valence-corrected chi connectivity index (χ3v) is 2.81. The number of aliphatic hydroxyl groups excluding tert-OH is 1. The SMILES string of the molecule is CC/C=C(/O)c1cn(S)c2ncc(Br)nc12. The van der Waals surface area contributed by atoms with Crippen molar-refractivity contribution >= 4 is 45.7 Å². The molecule has 0 spiro atoms. The fraction of sp³-hybridized carbons (Fsp3) is 0.200. The van der Waals surface area contributed by atoms with E-state index in [2.05, 4.69) is 38.7 Å². The molecule has 0 fully saturated rings. The highest BCUT2D eigenvalue weighted by atomic mass is 79.9. The molecule has 0 aliphatic rings. The Morgan fingerprint density at radius 2 is 2.44 bits per heavy atom. The normalized spacial score (nSPS) is 12.3. The first-order valence-corrected chi connectivity index (χ1v) is 5.95. The van der Waals surface area contributed by atoms with Gasteiger partial charge in [-0.2, -0.15) is 0 Å². The third-order valence-electron chi connectivity index (χ3n) is 2.12. The van der Waals surface area contributed by atoms with Crippen molar-refractivity contribution in [3.8, 4) is 0 Å². The molecule has 16 heavy (non-hydrogen) atoms. The lowest BCUT2D eigenvalue weighted by atomic mass is 10.2. The van der Waals surface area contributed by atoms with Crippen molar-refractivity contribution in [3.05, 3.63) is 28.6 Å². The van der Waals surface area contributed by atoms with E-state index in [0.717, 1.165) is 6.42 Å². The summed E-state index contributed by atoms with van der Waals surface area (Å²) in [6.45, 7) is 1.96. The van der Waals surface area contributed by atoms with Crippen LogP contribution in [0.2, 0.25) is 0 Å². The second-order valence-electron chi connectivity index (χ2n) is 3.25. The third kappa shape index (κ3) is 1.94. The zero-order chi connectivity index (χ0) is 11.7. The highest BCUT2D eigenvalue weighted by molar-refractivity contribution is 9.10. The first kappa shape index (κ1) is 11.5. The summed E-state index contributed by atoms with van der Waals surface area (Å²) in [7, 11) is 0. The van der Waals surface area contributed by atoms with E-state index in [4.69, 9.17) is 0 Å². The molecule has 0 aliphatic heterocycles. The van der Waals surface area contributed by atoms with Crippen molar-refractivity contribution < 1.29 is 5.11 Å². The lowest BCUT2D eigenvalue weighted by molar-refractivity contribution is 0.510. The summed E-state index contributed by atoms with van der Waals surface area (Å²) in [5.41, 5.74) is 1.89. The van der Waals surface area contributed by atoms with Gasteiger partial charge in [-0.3, -0.25) is 3.97 Å². The number of allylic oxidation sites excluding steroid dienone is 1. The van der Waals surface area contributed by atoms with Crippen molar-refractivity contribution in [3.63, 3.8) is 0 Å². The lowest BCUT2D eigenvalue weighted by Crippen LogP contribution is -1.86. The van der Waals surface area contributed by atoms with Gasteiger partial charge >= 0.3 is 0 Å². The summed E-state index contributed by atoms with van der Waals surface area (Å²) in [5, 5.41) is 9.85. The van der Waals surface area contributed by atoms with E-state index in [1.807, 2.05) is 6.92 Å². The number of hydrogen-bond acceptors (Lipinski definition) is 4. The fourth-order valence-corrected chi connectivity index (χ4v) is 1.99. The van der Waals surface area contributed by atoms with E-state index in [1.54, 1.807) is 22.4 Å². The van der Waals surface area contributed by atoms with Gasteiger partial charge in [-0.25, -0.2) is 9.97 Å². The summed E-state index contributed by atoms with van der Waals surface area (Å²) in [5.74, 6) is 0.202. The summed E-state index contributed by atoms with van der Waals surface area (Å²) in [6.07, 6.45) is 5.78. The zero-order valence-electron chi connectivity index (χ0n) is 8.55. The monoisotopic (exact) mass is 299 g/mol. The molecule has 0 unspecified atom stereocenters. The Hall–Kier alpha value is -1.01. The topological polar surface area (TPSA) is 50.9 Å². The van der Waals surface area contributed by atoms with Crippen LogP contribution in [0, 0.1) is 0 Å². The lowest BCUT2D eigenvalue weighted by Gasteiger charge is -1.96. The van der Waals surface area contributed by atoms with E-state index in [-0.39, 0.29) is 5.76 Å². The van der Waals surface area contributed by atoms with Crippen molar-refractivity contribution in [2.75, 3.05) is 0 Å². The average molecular weight is 300 g/mol. The maximum Gasteiger partial charge on any atom is 0.169 e. The summed E-state index contributed by atoms with van der Waals surface area (Å²) >= 11 is 7.48. The highest BCUT2D eigenvalue weighted by Crippen LogP contribution is 2.25. The predicted molar refractivity (Wildman–Crippen MR) is 70.5 cm³/mol. The number of fused-ring (bicyclic) bond motifs is 1. The Kier molecular flexibility index (Phi) is 3.20. The van der Waals surface area contributed by atoms with Crippen LogP contribution in [0.3, 0.4) is 0 Å². The molecule has 0 saturated carbocycles. The van der Waals surface area contributed by atoms with Crippen molar-refractivity contribution in [1.29, 1.82) is 0 Å². The molecule has 0 bridgehead atoms. The molecule has 6 heteroatoms. The number of nitrogens with zero attached hydrogens (tertiary/aromatic N) is 3. The van der Waals surface area contributed by atoms with E-state index in [0.29, 0.717) is 21.3 Å². The molecule has 0 aliphatic carbocycles. The number of hydrogen-bond donors (Lipinski definition) is 2. The molecule has 2 aromatic heterocycles. The molecule has 0 radical (unpaired) electrons. The molecule has 0 saturated heterocycles. The van der Waals surface area contributed by atoms with Gasteiger partial charge in [-0.15, -0.1) is 0 Å². The van der Waals surface area contributed by atoms with Gasteiger partial charge in [-0.05, 0) is 28.4 Å². The molecule has 2 aromatic rings. The molecule has 1 N–H and O–H groups in total. The molecule has 84 valence electrons. The van der Waals surface area contributed by atoms with Crippen molar-refractivity contribution in [1.82, 2.24) is 13.9 Å². The summed E-state index contributed by atoms with van der Waals surface area (Å²) < 4.78 is 2.18. The molecule has 4 nitrogen and oxygen atoms in total. The maximum atomic E-state index is 9.85. The van der Waals surface area contributed by atoms with Gasteiger partial charge in [0.15, 0.2) is 5.65 Å². The van der Waals surface area contributed by atoms with Crippen molar-refractivity contribution in [2.24, 2.45) is 0 Å². The molecule has 0 atom stereocenters. The van der Waals surface area contributed by atoms with Gasteiger partial charge in [0.1, 0.15) is 15.9 Å². The minimum absolute atomic E-state index is 0.202. The number of aliphatic hydroxyl groups is 1. The first-order chi connectivity index (χ1) is 7.63. The van der Waals surface area contributed by atoms with E-state index in [9.17, 15) is 5.11 Å². The highest BCUT2D eigenvalue weighted by Gasteiger charge is 2.13. The maximum absolute atomic E-state index is 9.85. The largest absolute Gasteiger partial charge is 0.508 e. The molecular weight excluding hydrogens is 290 g/mol. The van der Waals surface area contributed by atoms with Gasteiger partial charge in [0, 0.05) is 6.20 Å². The minimum Gasteiger partial charge on any atom is -0.508 e. The van der Waals surface area contributed by atoms with E-state index in [1.165, 1.54) is 0 Å². The fourth-order valence-electron chi connectivity index (χ4n) is 1.44. The zero-order valence-corrected chi connectivity index (χ0v) is 11.0. The Balaban J connectivity index is 2.70. The predicted octanol–water partition coefficient (Wildman–Crippen LogP) is 3.20. The number of halogens is 1. The Morgan fingerprint density at radius 1 is 1.69 bits per heavy atom. The summed E-state index contributed by atoms with van der Waals surface area (Å²) in [6, 6.07) is 0. The van der Waals surface area contributed by atoms with Gasteiger partial charge in [0.2, 0.25) is 0 Å². The second kappa shape index (κ2) is 4.47. The van der Waals surface area contributed by atoms with Crippen LogP contribution in [0.4, 0.5) is 0 Å². The Labute approximate surface area is 107 Å². The molecule has 2 heterocycles. The number of rotatable bonds is 2. The van der Waals surface area contributed by atoms with E-state index < -0.39 is 0 Å². The van der Waals surface area contributed by atoms with Gasteiger partial charge in [0.05, 0.1) is 11.8 Å². The van der Waals surface area contributed by atoms with Crippen LogP contribution < -0.4 is 0 Å². The van der Waals surface area contributed by atoms with Crippen LogP contribution in [-0.2, 0) is 0 Å². The molecular formula is C10H10BrN3OS. The quantitative estimate of drug-likeness (QED) is 0.661. The van der Waals surface area contributed by atoms with Gasteiger partial charge in [0.25, 0.3) is 0 Å². The van der Waals surface area contributed by atoms with Crippen molar-refractivity contribution in [2.45, 2.75) is 13.3 Å². The van der Waals surface area contributed by atoms with E-state index >= 15 is 0 Å². The standard InChI is InChI=1S/C10H10BrN3OS/c1-2-3-7(15)6-5-14(16)10-9(6)13-8(11)4-12-10/h3-5,15-16H,2H2,1H3/b7-3+. The second-order valence-corrected chi connectivity index (χ2v) is 4.49. The van der Waals surface area contributed by atoms with Crippen LogP contribution in [0.5, 0.6) is 0 Å². The van der Waals surface area contributed by atoms with Gasteiger partial charge in [-0.1, -0.05) is 19.7 Å². The van der Waals surface area contributed by atoms with Crippen LogP contribution in [-0.4, -0.2) is 19.0 Å². The first-order valence-electron chi connectivity index (χ1n) is 4.75. The number of aromatic nitrogens is 3. The molecule has 0 amide bonds. The molecule has 2 rings (SSSR count). The Bertz CT molecular complexity index is 564. The minimum atomic E-state index is 0.202. The van der Waals surface area contributed by atoms with Gasteiger partial charge < -0.3 is 5.11 Å². The number of thiol groups is 1. The smallest absolute Gasteiger partial charge is 0.169 e. The Morgan fingerprint density at radius 3 is 3.12 bits per heavy atom. The average Bonchev–Trinajstić information content (AvgIpc) is 2.56. The van der Waals surface area contributed by atoms with Crippen LogP contribution in [0.25, 0.3) is 16.9 Å². The van der Waals surface area contributed by atoms with Crippen LogP contribution in [0.1, 0.15) is 18.9 Å². The van der Waals surface area contributed by atoms with Crippen LogP contribution in [0.15, 0.2) is 23.1 Å². The van der Waals surface area contributed by atoms with Crippen LogP contribution >= 0.6 is 28.7 Å². The summed E-state index contributed by atoms with van der Waals surface area (Å²) in [4.78, 5) is 8.47.